The van der Waals surface area contributed by atoms with Gasteiger partial charge in [0.25, 0.3) is 0 Å². The highest BCUT2D eigenvalue weighted by atomic mass is 16.1. The summed E-state index contributed by atoms with van der Waals surface area (Å²) in [5.41, 5.74) is 3.36. The van der Waals surface area contributed by atoms with Gasteiger partial charge in [-0.05, 0) is 32.8 Å². The fourth-order valence-electron chi connectivity index (χ4n) is 1.56. The first-order valence-corrected chi connectivity index (χ1v) is 4.41. The number of nitrogens with zero attached hydrogens (tertiary/aromatic N) is 2. The van der Waals surface area contributed by atoms with Gasteiger partial charge in [-0.15, -0.1) is 0 Å². The Morgan fingerprint density at radius 3 is 2.15 bits per heavy atom. The first-order chi connectivity index (χ1) is 6.07. The molecule has 0 spiro atoms. The molecule has 0 bridgehead atoms. The van der Waals surface area contributed by atoms with Gasteiger partial charge in [-0.2, -0.15) is 10.2 Å². The zero-order chi connectivity index (χ0) is 10.0. The molecule has 3 nitrogen and oxygen atoms in total. The minimum absolute atomic E-state index is 0.0763. The van der Waals surface area contributed by atoms with Crippen LogP contribution in [0.25, 0.3) is 0 Å². The van der Waals surface area contributed by atoms with Crippen molar-refractivity contribution in [2.24, 2.45) is 0 Å². The van der Waals surface area contributed by atoms with Gasteiger partial charge in [0, 0.05) is 5.56 Å². The van der Waals surface area contributed by atoms with E-state index in [2.05, 4.69) is 10.2 Å². The van der Waals surface area contributed by atoms with Gasteiger partial charge in [0.2, 0.25) is 0 Å². The number of ketones is 1. The molecule has 13 heavy (non-hydrogen) atoms. The Hall–Kier alpha value is -1.25. The van der Waals surface area contributed by atoms with E-state index < -0.39 is 0 Å². The Morgan fingerprint density at radius 2 is 1.77 bits per heavy atom. The first-order valence-electron chi connectivity index (χ1n) is 4.41. The zero-order valence-corrected chi connectivity index (χ0v) is 8.51. The second-order valence-corrected chi connectivity index (χ2v) is 3.13. The summed E-state index contributed by atoms with van der Waals surface area (Å²) in [7, 11) is 0. The monoisotopic (exact) mass is 178 g/mol. The molecular formula is C10H14N2O. The van der Waals surface area contributed by atoms with Gasteiger partial charge in [-0.3, -0.25) is 4.79 Å². The predicted molar refractivity (Wildman–Crippen MR) is 50.9 cm³/mol. The van der Waals surface area contributed by atoms with Crippen LogP contribution in [0.2, 0.25) is 0 Å². The number of carbonyl (C=O) groups excluding carboxylic acids is 1. The second-order valence-electron chi connectivity index (χ2n) is 3.13. The maximum absolute atomic E-state index is 11.3. The molecule has 0 amide bonds. The molecule has 0 aliphatic carbocycles. The van der Waals surface area contributed by atoms with Crippen LogP contribution >= 0.6 is 0 Å². The Bertz CT molecular complexity index is 345. The molecule has 0 atom stereocenters. The molecule has 1 heterocycles. The van der Waals surface area contributed by atoms with E-state index in [1.807, 2.05) is 20.8 Å². The molecule has 0 N–H and O–H groups in total. The van der Waals surface area contributed by atoms with E-state index in [1.165, 1.54) is 0 Å². The lowest BCUT2D eigenvalue weighted by molar-refractivity contribution is 0.101. The molecule has 0 aliphatic rings. The fraction of sp³-hybridized carbons (Fsp3) is 0.500. The zero-order valence-electron chi connectivity index (χ0n) is 8.51. The van der Waals surface area contributed by atoms with Crippen molar-refractivity contribution in [2.75, 3.05) is 0 Å². The maximum Gasteiger partial charge on any atom is 0.162 e. The summed E-state index contributed by atoms with van der Waals surface area (Å²) in [6.07, 6.45) is 0.830. The largest absolute Gasteiger partial charge is 0.294 e. The summed E-state index contributed by atoms with van der Waals surface area (Å²) >= 11 is 0. The van der Waals surface area contributed by atoms with Gasteiger partial charge in [0.1, 0.15) is 0 Å². The van der Waals surface area contributed by atoms with Crippen LogP contribution in [0.5, 0.6) is 0 Å². The van der Waals surface area contributed by atoms with E-state index >= 15 is 0 Å². The second kappa shape index (κ2) is 3.64. The van der Waals surface area contributed by atoms with Crippen LogP contribution < -0.4 is 0 Å². The molecule has 0 fully saturated rings. The van der Waals surface area contributed by atoms with Crippen molar-refractivity contribution in [3.63, 3.8) is 0 Å². The van der Waals surface area contributed by atoms with Crippen molar-refractivity contribution < 1.29 is 4.79 Å². The normalized spacial score (nSPS) is 10.2. The highest BCUT2D eigenvalue weighted by molar-refractivity contribution is 5.96. The average Bonchev–Trinajstić information content (AvgIpc) is 2.07. The number of hydrogen-bond acceptors (Lipinski definition) is 3. The standard InChI is InChI=1S/C10H14N2O/c1-5-9-6(2)11-12-7(3)10(9)8(4)13/h5H2,1-4H3. The van der Waals surface area contributed by atoms with Crippen molar-refractivity contribution in [1.29, 1.82) is 0 Å². The third-order valence-electron chi connectivity index (χ3n) is 2.16. The molecular weight excluding hydrogens is 164 g/mol. The third-order valence-corrected chi connectivity index (χ3v) is 2.16. The summed E-state index contributed by atoms with van der Waals surface area (Å²) in [4.78, 5) is 11.3. The molecule has 0 aromatic carbocycles. The number of carbonyl (C=O) groups is 1. The van der Waals surface area contributed by atoms with Crippen LogP contribution in [-0.4, -0.2) is 16.0 Å². The topological polar surface area (TPSA) is 42.9 Å². The summed E-state index contributed by atoms with van der Waals surface area (Å²) in [6.45, 7) is 7.30. The Kier molecular flexibility index (Phi) is 2.76. The average molecular weight is 178 g/mol. The number of Topliss-reactive ketones (excluding diaryl/α,β-unsaturated/α-hetero) is 1. The van der Waals surface area contributed by atoms with Gasteiger partial charge in [0.15, 0.2) is 5.78 Å². The number of aromatic nitrogens is 2. The highest BCUT2D eigenvalue weighted by Gasteiger charge is 2.13. The van der Waals surface area contributed by atoms with Crippen molar-refractivity contribution in [3.8, 4) is 0 Å². The smallest absolute Gasteiger partial charge is 0.162 e. The molecule has 0 aliphatic heterocycles. The Labute approximate surface area is 78.2 Å². The lowest BCUT2D eigenvalue weighted by Crippen LogP contribution is -2.08. The van der Waals surface area contributed by atoms with Crippen LogP contribution in [0.3, 0.4) is 0 Å². The number of rotatable bonds is 2. The van der Waals surface area contributed by atoms with E-state index in [0.717, 1.165) is 28.9 Å². The molecule has 1 aromatic rings. The summed E-state index contributed by atoms with van der Waals surface area (Å²) in [5, 5.41) is 7.93. The summed E-state index contributed by atoms with van der Waals surface area (Å²) in [6, 6.07) is 0. The van der Waals surface area contributed by atoms with E-state index in [9.17, 15) is 4.79 Å². The quantitative estimate of drug-likeness (QED) is 0.649. The molecule has 3 heteroatoms. The van der Waals surface area contributed by atoms with Crippen LogP contribution in [0.4, 0.5) is 0 Å². The van der Waals surface area contributed by atoms with Gasteiger partial charge in [-0.25, -0.2) is 0 Å². The van der Waals surface area contributed by atoms with Crippen LogP contribution in [-0.2, 0) is 6.42 Å². The third kappa shape index (κ3) is 1.74. The Morgan fingerprint density at radius 1 is 1.23 bits per heavy atom. The predicted octanol–water partition coefficient (Wildman–Crippen LogP) is 1.86. The van der Waals surface area contributed by atoms with Gasteiger partial charge < -0.3 is 0 Å². The molecule has 1 aromatic heterocycles. The van der Waals surface area contributed by atoms with E-state index in [1.54, 1.807) is 6.92 Å². The van der Waals surface area contributed by atoms with E-state index in [0.29, 0.717) is 0 Å². The first kappa shape index (κ1) is 9.84. The van der Waals surface area contributed by atoms with Crippen molar-refractivity contribution >= 4 is 5.78 Å². The summed E-state index contributed by atoms with van der Waals surface area (Å²) in [5.74, 6) is 0.0763. The molecule has 0 saturated carbocycles. The number of aryl methyl sites for hydroxylation is 2. The Balaban J connectivity index is 3.43. The maximum atomic E-state index is 11.3. The fourth-order valence-corrected chi connectivity index (χ4v) is 1.56. The van der Waals surface area contributed by atoms with Crippen LogP contribution in [0.1, 0.15) is 41.2 Å². The number of hydrogen-bond donors (Lipinski definition) is 0. The van der Waals surface area contributed by atoms with Gasteiger partial charge in [0.05, 0.1) is 11.4 Å². The van der Waals surface area contributed by atoms with E-state index in [4.69, 9.17) is 0 Å². The minimum Gasteiger partial charge on any atom is -0.294 e. The molecule has 0 saturated heterocycles. The van der Waals surface area contributed by atoms with Crippen LogP contribution in [0, 0.1) is 13.8 Å². The summed E-state index contributed by atoms with van der Waals surface area (Å²) < 4.78 is 0. The highest BCUT2D eigenvalue weighted by Crippen LogP contribution is 2.15. The lowest BCUT2D eigenvalue weighted by atomic mass is 10.0. The molecule has 0 radical (unpaired) electrons. The SMILES string of the molecule is CCc1c(C)nnc(C)c1C(C)=O. The minimum atomic E-state index is 0.0763. The van der Waals surface area contributed by atoms with Crippen molar-refractivity contribution in [1.82, 2.24) is 10.2 Å². The van der Waals surface area contributed by atoms with Gasteiger partial charge in [-0.1, -0.05) is 6.92 Å². The molecule has 1 rings (SSSR count). The van der Waals surface area contributed by atoms with Crippen LogP contribution in [0.15, 0.2) is 0 Å². The molecule has 0 unspecified atom stereocenters. The van der Waals surface area contributed by atoms with E-state index in [-0.39, 0.29) is 5.78 Å². The van der Waals surface area contributed by atoms with Crippen molar-refractivity contribution in [3.05, 3.63) is 22.5 Å². The van der Waals surface area contributed by atoms with Gasteiger partial charge >= 0.3 is 0 Å². The lowest BCUT2D eigenvalue weighted by Gasteiger charge is -2.08. The van der Waals surface area contributed by atoms with Crippen molar-refractivity contribution in [2.45, 2.75) is 34.1 Å². The molecule has 70 valence electrons.